The van der Waals surface area contributed by atoms with Crippen molar-refractivity contribution in [1.82, 2.24) is 9.41 Å². The van der Waals surface area contributed by atoms with Crippen molar-refractivity contribution in [2.45, 2.75) is 51.1 Å². The fourth-order valence-electron chi connectivity index (χ4n) is 3.80. The number of halogens is 4. The Morgan fingerprint density at radius 3 is 2.24 bits per heavy atom. The molecule has 0 radical (unpaired) electrons. The zero-order valence-electron chi connectivity index (χ0n) is 19.1. The lowest BCUT2D eigenvalue weighted by atomic mass is 9.95. The highest BCUT2D eigenvalue weighted by Gasteiger charge is 2.54. The molecule has 3 aromatic rings. The van der Waals surface area contributed by atoms with E-state index in [4.69, 9.17) is 11.6 Å². The van der Waals surface area contributed by atoms with E-state index >= 15 is 0 Å². The lowest BCUT2D eigenvalue weighted by Gasteiger charge is -2.30. The first-order valence-corrected chi connectivity index (χ1v) is 10.6. The van der Waals surface area contributed by atoms with Crippen molar-refractivity contribution in [3.05, 3.63) is 77.5 Å². The number of aromatic nitrogens is 1. The quantitative estimate of drug-likeness (QED) is 0.231. The standard InChI is InChI=1S/C24H28F4N4O2/c1-4-23(34,24(26,27)28)20(29)14-31(30)13-15-9-10-32-18(11-15)12-19(22(2,3)33)21(32)16-5-7-17(25)8-6-16/h5-12,14,33-34H,4,13,29-30H2,1-3H3/b20-14-. The molecule has 0 fully saturated rings. The Morgan fingerprint density at radius 2 is 1.71 bits per heavy atom. The first kappa shape index (κ1) is 25.5. The molecule has 0 aliphatic heterocycles. The van der Waals surface area contributed by atoms with Crippen molar-refractivity contribution in [3.63, 3.8) is 0 Å². The van der Waals surface area contributed by atoms with Crippen molar-refractivity contribution in [2.24, 2.45) is 11.6 Å². The number of hydrogen-bond donors (Lipinski definition) is 4. The van der Waals surface area contributed by atoms with Crippen LogP contribution in [0.4, 0.5) is 17.6 Å². The Labute approximate surface area is 194 Å². The van der Waals surface area contributed by atoms with Crippen LogP contribution in [0.2, 0.25) is 0 Å². The Hall–Kier alpha value is -3.08. The van der Waals surface area contributed by atoms with Gasteiger partial charge in [0, 0.05) is 23.5 Å². The molecule has 0 saturated heterocycles. The van der Waals surface area contributed by atoms with Gasteiger partial charge < -0.3 is 25.4 Å². The highest BCUT2D eigenvalue weighted by molar-refractivity contribution is 5.73. The van der Waals surface area contributed by atoms with Crippen LogP contribution in [0.25, 0.3) is 16.8 Å². The van der Waals surface area contributed by atoms with E-state index in [9.17, 15) is 27.8 Å². The molecule has 3 rings (SSSR count). The van der Waals surface area contributed by atoms with Gasteiger partial charge in [0.25, 0.3) is 0 Å². The van der Waals surface area contributed by atoms with Crippen LogP contribution in [0, 0.1) is 5.82 Å². The third-order valence-corrected chi connectivity index (χ3v) is 5.74. The van der Waals surface area contributed by atoms with Crippen molar-refractivity contribution < 1.29 is 27.8 Å². The molecule has 184 valence electrons. The molecule has 0 amide bonds. The summed E-state index contributed by atoms with van der Waals surface area (Å²) in [7, 11) is 0. The predicted molar refractivity (Wildman–Crippen MR) is 121 cm³/mol. The molecule has 10 heteroatoms. The Morgan fingerprint density at radius 1 is 1.09 bits per heavy atom. The van der Waals surface area contributed by atoms with Gasteiger partial charge in [0.2, 0.25) is 5.60 Å². The maximum atomic E-state index is 13.4. The van der Waals surface area contributed by atoms with Gasteiger partial charge in [0.05, 0.1) is 23.5 Å². The monoisotopic (exact) mass is 480 g/mol. The molecule has 0 aliphatic carbocycles. The van der Waals surface area contributed by atoms with Gasteiger partial charge in [-0.1, -0.05) is 6.92 Å². The van der Waals surface area contributed by atoms with Gasteiger partial charge in [-0.05, 0) is 73.9 Å². The molecular formula is C24H28F4N4O2. The van der Waals surface area contributed by atoms with Crippen LogP contribution in [-0.4, -0.2) is 31.4 Å². The molecule has 1 aromatic carbocycles. The number of hydrogen-bond acceptors (Lipinski definition) is 5. The van der Waals surface area contributed by atoms with Gasteiger partial charge in [-0.25, -0.2) is 10.2 Å². The molecule has 0 spiro atoms. The second-order valence-electron chi connectivity index (χ2n) is 8.77. The Kier molecular flexibility index (Phi) is 6.71. The first-order valence-electron chi connectivity index (χ1n) is 10.6. The van der Waals surface area contributed by atoms with Crippen molar-refractivity contribution in [2.75, 3.05) is 0 Å². The van der Waals surface area contributed by atoms with Gasteiger partial charge in [-0.15, -0.1) is 0 Å². The molecule has 2 heterocycles. The molecule has 2 aromatic heterocycles. The zero-order valence-corrected chi connectivity index (χ0v) is 19.1. The molecule has 0 bridgehead atoms. The van der Waals surface area contributed by atoms with Gasteiger partial charge >= 0.3 is 6.18 Å². The molecule has 0 aliphatic rings. The smallest absolute Gasteiger partial charge is 0.398 e. The van der Waals surface area contributed by atoms with Crippen LogP contribution in [0.3, 0.4) is 0 Å². The molecule has 34 heavy (non-hydrogen) atoms. The molecule has 6 N–H and O–H groups in total. The minimum absolute atomic E-state index is 0.00373. The van der Waals surface area contributed by atoms with Crippen LogP contribution in [0.1, 0.15) is 38.3 Å². The fourth-order valence-corrected chi connectivity index (χ4v) is 3.80. The van der Waals surface area contributed by atoms with Crippen LogP contribution in [0.15, 0.2) is 60.6 Å². The van der Waals surface area contributed by atoms with E-state index in [0.29, 0.717) is 27.9 Å². The number of rotatable bonds is 7. The Bertz CT molecular complexity index is 1200. The SMILES string of the molecule is CCC(O)(/C(N)=C/N(N)Cc1ccn2c(-c3ccc(F)cc3)c(C(C)(C)O)cc2c1)C(F)(F)F. The summed E-state index contributed by atoms with van der Waals surface area (Å²) in [5.41, 5.74) is 3.71. The molecular weight excluding hydrogens is 452 g/mol. The predicted octanol–water partition coefficient (Wildman–Crippen LogP) is 4.15. The topological polar surface area (TPSA) is 100 Å². The third kappa shape index (κ3) is 4.89. The van der Waals surface area contributed by atoms with Crippen molar-refractivity contribution >= 4 is 5.52 Å². The lowest BCUT2D eigenvalue weighted by Crippen LogP contribution is -2.49. The summed E-state index contributed by atoms with van der Waals surface area (Å²) >= 11 is 0. The molecule has 6 nitrogen and oxygen atoms in total. The van der Waals surface area contributed by atoms with E-state index in [1.165, 1.54) is 19.1 Å². The van der Waals surface area contributed by atoms with Crippen LogP contribution < -0.4 is 11.6 Å². The summed E-state index contributed by atoms with van der Waals surface area (Å²) in [6.07, 6.45) is -3.00. The number of benzene rings is 1. The van der Waals surface area contributed by atoms with E-state index < -0.39 is 29.5 Å². The van der Waals surface area contributed by atoms with E-state index in [0.717, 1.165) is 11.2 Å². The van der Waals surface area contributed by atoms with Gasteiger partial charge in [-0.3, -0.25) is 0 Å². The summed E-state index contributed by atoms with van der Waals surface area (Å²) in [6.45, 7) is 4.46. The first-order chi connectivity index (χ1) is 15.7. The van der Waals surface area contributed by atoms with E-state index in [1.807, 2.05) is 4.40 Å². The average molecular weight is 481 g/mol. The average Bonchev–Trinajstić information content (AvgIpc) is 3.12. The summed E-state index contributed by atoms with van der Waals surface area (Å²) in [5, 5.41) is 21.6. The minimum Gasteiger partial charge on any atom is -0.398 e. The maximum Gasteiger partial charge on any atom is 0.422 e. The normalized spacial score (nSPS) is 14.9. The molecule has 1 atom stereocenters. The number of hydrazine groups is 1. The van der Waals surface area contributed by atoms with E-state index in [2.05, 4.69) is 0 Å². The zero-order chi connectivity index (χ0) is 25.5. The summed E-state index contributed by atoms with van der Waals surface area (Å²) in [4.78, 5) is 0. The number of pyridine rings is 1. The number of nitrogens with zero attached hydrogens (tertiary/aromatic N) is 2. The highest BCUT2D eigenvalue weighted by Crippen LogP contribution is 2.37. The second-order valence-corrected chi connectivity index (χ2v) is 8.77. The lowest BCUT2D eigenvalue weighted by molar-refractivity contribution is -0.245. The van der Waals surface area contributed by atoms with E-state index in [1.54, 1.807) is 50.4 Å². The van der Waals surface area contributed by atoms with Gasteiger partial charge in [0.15, 0.2) is 0 Å². The second kappa shape index (κ2) is 8.94. The van der Waals surface area contributed by atoms with E-state index in [-0.39, 0.29) is 12.4 Å². The summed E-state index contributed by atoms with van der Waals surface area (Å²) in [6, 6.07) is 11.2. The Balaban J connectivity index is 1.98. The molecule has 0 saturated carbocycles. The largest absolute Gasteiger partial charge is 0.422 e. The van der Waals surface area contributed by atoms with Crippen LogP contribution >= 0.6 is 0 Å². The summed E-state index contributed by atoms with van der Waals surface area (Å²) in [5.74, 6) is 5.49. The number of fused-ring (bicyclic) bond motifs is 1. The van der Waals surface area contributed by atoms with Crippen molar-refractivity contribution in [3.8, 4) is 11.3 Å². The van der Waals surface area contributed by atoms with Crippen LogP contribution in [-0.2, 0) is 12.1 Å². The minimum atomic E-state index is -4.95. The molecule has 1 unspecified atom stereocenters. The maximum absolute atomic E-state index is 13.4. The fraction of sp³-hybridized carbons (Fsp3) is 0.333. The van der Waals surface area contributed by atoms with Gasteiger partial charge in [0.1, 0.15) is 5.82 Å². The third-order valence-electron chi connectivity index (χ3n) is 5.74. The number of aliphatic hydroxyl groups is 2. The van der Waals surface area contributed by atoms with Gasteiger partial charge in [-0.2, -0.15) is 13.2 Å². The summed E-state index contributed by atoms with van der Waals surface area (Å²) < 4.78 is 55.0. The van der Waals surface area contributed by atoms with Crippen LogP contribution in [0.5, 0.6) is 0 Å². The van der Waals surface area contributed by atoms with Crippen molar-refractivity contribution in [1.29, 1.82) is 0 Å². The highest BCUT2D eigenvalue weighted by atomic mass is 19.4. The number of nitrogens with two attached hydrogens (primary N) is 2. The number of alkyl halides is 3.